The molecule has 0 radical (unpaired) electrons. The van der Waals surface area contributed by atoms with Gasteiger partial charge in [0.25, 0.3) is 5.91 Å². The Kier molecular flexibility index (Phi) is 4.58. The van der Waals surface area contributed by atoms with Crippen LogP contribution in [0.1, 0.15) is 50.4 Å². The molecule has 2 fully saturated rings. The maximum absolute atomic E-state index is 13.5. The summed E-state index contributed by atoms with van der Waals surface area (Å²) >= 11 is 0. The van der Waals surface area contributed by atoms with Gasteiger partial charge in [0.2, 0.25) is 0 Å². The molecule has 5 nitrogen and oxygen atoms in total. The average Bonchev–Trinajstić information content (AvgIpc) is 2.91. The smallest absolute Gasteiger partial charge is 0.344 e. The number of carbonyl (C=O) groups is 2. The number of hydrogen-bond acceptors (Lipinski definition) is 4. The molecule has 2 aliphatic carbocycles. The minimum absolute atomic E-state index is 0.0576. The summed E-state index contributed by atoms with van der Waals surface area (Å²) in [4.78, 5) is 23.7. The van der Waals surface area contributed by atoms with Gasteiger partial charge in [0, 0.05) is 11.1 Å². The van der Waals surface area contributed by atoms with E-state index in [1.807, 2.05) is 0 Å². The van der Waals surface area contributed by atoms with E-state index >= 15 is 0 Å². The van der Waals surface area contributed by atoms with Crippen LogP contribution in [0.25, 0.3) is 0 Å². The van der Waals surface area contributed by atoms with Gasteiger partial charge in [0.15, 0.2) is 6.61 Å². The molecule has 2 unspecified atom stereocenters. The predicted octanol–water partition coefficient (Wildman–Crippen LogP) is 3.44. The van der Waals surface area contributed by atoms with Gasteiger partial charge in [-0.3, -0.25) is 4.79 Å². The number of halogens is 2. The van der Waals surface area contributed by atoms with Gasteiger partial charge in [-0.25, -0.2) is 19.0 Å². The van der Waals surface area contributed by atoms with Gasteiger partial charge in [-0.2, -0.15) is 5.10 Å². The summed E-state index contributed by atoms with van der Waals surface area (Å²) in [6.07, 6.45) is 3.02. The fourth-order valence-corrected chi connectivity index (χ4v) is 4.16. The Morgan fingerprint density at radius 1 is 1.27 bits per heavy atom. The number of amides is 1. The Balaban J connectivity index is 1.58. The number of fused-ring (bicyclic) bond motifs is 2. The molecule has 0 spiro atoms. The summed E-state index contributed by atoms with van der Waals surface area (Å²) in [5.41, 5.74) is 2.60. The SMILES string of the molecule is CC12CCC(C/C1=N\NC(=O)COC(=O)c1c(F)cccc1F)C2(C)C. The first-order chi connectivity index (χ1) is 12.2. The third kappa shape index (κ3) is 2.89. The molecule has 26 heavy (non-hydrogen) atoms. The maximum Gasteiger partial charge on any atom is 0.344 e. The van der Waals surface area contributed by atoms with Crippen molar-refractivity contribution in [1.29, 1.82) is 0 Å². The van der Waals surface area contributed by atoms with E-state index in [-0.39, 0.29) is 10.8 Å². The van der Waals surface area contributed by atoms with Crippen molar-refractivity contribution < 1.29 is 23.1 Å². The van der Waals surface area contributed by atoms with Crippen LogP contribution in [0, 0.1) is 28.4 Å². The molecular weight excluding hydrogens is 342 g/mol. The largest absolute Gasteiger partial charge is 0.452 e. The lowest BCUT2D eigenvalue weighted by Crippen LogP contribution is -2.35. The van der Waals surface area contributed by atoms with E-state index in [1.165, 1.54) is 0 Å². The molecule has 3 rings (SSSR count). The minimum Gasteiger partial charge on any atom is -0.452 e. The summed E-state index contributed by atoms with van der Waals surface area (Å²) in [6, 6.07) is 3.04. The summed E-state index contributed by atoms with van der Waals surface area (Å²) in [5, 5.41) is 4.24. The molecule has 1 N–H and O–H groups in total. The second-order valence-electron chi connectivity index (χ2n) is 7.76. The van der Waals surface area contributed by atoms with E-state index in [1.54, 1.807) is 0 Å². The van der Waals surface area contributed by atoms with Gasteiger partial charge in [0.05, 0.1) is 0 Å². The lowest BCUT2D eigenvalue weighted by molar-refractivity contribution is -0.124. The van der Waals surface area contributed by atoms with E-state index in [2.05, 4.69) is 31.3 Å². The third-order valence-corrected chi connectivity index (χ3v) is 6.33. The summed E-state index contributed by atoms with van der Waals surface area (Å²) < 4.78 is 31.7. The fraction of sp³-hybridized carbons (Fsp3) is 0.526. The number of nitrogens with one attached hydrogen (secondary N) is 1. The molecule has 0 saturated heterocycles. The van der Waals surface area contributed by atoms with E-state index < -0.39 is 35.7 Å². The van der Waals surface area contributed by atoms with Gasteiger partial charge in [-0.05, 0) is 42.7 Å². The van der Waals surface area contributed by atoms with Gasteiger partial charge < -0.3 is 4.74 Å². The van der Waals surface area contributed by atoms with Crippen molar-refractivity contribution in [2.24, 2.45) is 21.8 Å². The molecule has 1 aromatic carbocycles. The molecule has 0 aromatic heterocycles. The predicted molar refractivity (Wildman–Crippen MR) is 91.4 cm³/mol. The van der Waals surface area contributed by atoms with E-state index in [0.29, 0.717) is 5.92 Å². The molecule has 1 amide bonds. The minimum atomic E-state index is -1.23. The van der Waals surface area contributed by atoms with Crippen LogP contribution < -0.4 is 5.43 Å². The number of rotatable bonds is 4. The number of nitrogens with zero attached hydrogens (tertiary/aromatic N) is 1. The van der Waals surface area contributed by atoms with Crippen molar-refractivity contribution in [2.75, 3.05) is 6.61 Å². The molecule has 0 heterocycles. The van der Waals surface area contributed by atoms with Crippen molar-refractivity contribution in [3.8, 4) is 0 Å². The number of esters is 1. The topological polar surface area (TPSA) is 67.8 Å². The number of hydrogen-bond donors (Lipinski definition) is 1. The highest BCUT2D eigenvalue weighted by Crippen LogP contribution is 2.63. The molecule has 140 valence electrons. The van der Waals surface area contributed by atoms with Crippen molar-refractivity contribution in [3.05, 3.63) is 35.4 Å². The second kappa shape index (κ2) is 6.45. The Morgan fingerprint density at radius 3 is 2.46 bits per heavy atom. The van der Waals surface area contributed by atoms with Crippen LogP contribution in [0.5, 0.6) is 0 Å². The molecule has 2 bridgehead atoms. The van der Waals surface area contributed by atoms with E-state index in [4.69, 9.17) is 4.74 Å². The number of carbonyl (C=O) groups excluding carboxylic acids is 2. The highest BCUT2D eigenvalue weighted by Gasteiger charge is 2.60. The highest BCUT2D eigenvalue weighted by molar-refractivity contribution is 5.95. The summed E-state index contributed by atoms with van der Waals surface area (Å²) in [6.45, 7) is 5.94. The Hall–Kier alpha value is -2.31. The molecule has 2 atom stereocenters. The zero-order chi connectivity index (χ0) is 19.1. The second-order valence-corrected chi connectivity index (χ2v) is 7.76. The standard InChI is InChI=1S/C19H22F2N2O3/c1-18(2)11-7-8-19(18,3)14(9-11)22-23-15(24)10-26-17(25)16-12(20)5-4-6-13(16)21/h4-6,11H,7-10H2,1-3H3,(H,23,24)/b22-14+. The quantitative estimate of drug-likeness (QED) is 0.657. The average molecular weight is 364 g/mol. The molecule has 2 aliphatic rings. The van der Waals surface area contributed by atoms with Crippen molar-refractivity contribution in [2.45, 2.75) is 40.0 Å². The zero-order valence-corrected chi connectivity index (χ0v) is 15.1. The van der Waals surface area contributed by atoms with Crippen LogP contribution in [0.3, 0.4) is 0 Å². The van der Waals surface area contributed by atoms with Gasteiger partial charge in [-0.1, -0.05) is 26.8 Å². The zero-order valence-electron chi connectivity index (χ0n) is 15.1. The van der Waals surface area contributed by atoms with Crippen LogP contribution >= 0.6 is 0 Å². The van der Waals surface area contributed by atoms with E-state index in [9.17, 15) is 18.4 Å². The Bertz CT molecular complexity index is 771. The monoisotopic (exact) mass is 364 g/mol. The van der Waals surface area contributed by atoms with Crippen molar-refractivity contribution >= 4 is 17.6 Å². The molecule has 1 aromatic rings. The number of benzene rings is 1. The first kappa shape index (κ1) is 18.5. The van der Waals surface area contributed by atoms with Crippen LogP contribution in [-0.2, 0) is 9.53 Å². The van der Waals surface area contributed by atoms with Crippen molar-refractivity contribution in [3.63, 3.8) is 0 Å². The van der Waals surface area contributed by atoms with Crippen molar-refractivity contribution in [1.82, 2.24) is 5.43 Å². The van der Waals surface area contributed by atoms with Gasteiger partial charge in [-0.15, -0.1) is 0 Å². The van der Waals surface area contributed by atoms with E-state index in [0.717, 1.165) is 43.2 Å². The lowest BCUT2D eigenvalue weighted by atomic mass is 9.70. The first-order valence-corrected chi connectivity index (χ1v) is 8.64. The molecule has 0 aliphatic heterocycles. The Labute approximate surface area is 150 Å². The summed E-state index contributed by atoms with van der Waals surface area (Å²) in [7, 11) is 0. The lowest BCUT2D eigenvalue weighted by Gasteiger charge is -2.34. The van der Waals surface area contributed by atoms with Crippen LogP contribution in [-0.4, -0.2) is 24.2 Å². The van der Waals surface area contributed by atoms with Crippen LogP contribution in [0.15, 0.2) is 23.3 Å². The number of hydrazone groups is 1. The van der Waals surface area contributed by atoms with Gasteiger partial charge in [0.1, 0.15) is 17.2 Å². The molecule has 2 saturated carbocycles. The van der Waals surface area contributed by atoms with Crippen LogP contribution in [0.2, 0.25) is 0 Å². The maximum atomic E-state index is 13.5. The van der Waals surface area contributed by atoms with Gasteiger partial charge >= 0.3 is 5.97 Å². The fourth-order valence-electron chi connectivity index (χ4n) is 4.16. The Morgan fingerprint density at radius 2 is 1.92 bits per heavy atom. The number of ether oxygens (including phenoxy) is 1. The molecule has 7 heteroatoms. The normalized spacial score (nSPS) is 27.6. The highest BCUT2D eigenvalue weighted by atomic mass is 19.1. The first-order valence-electron chi connectivity index (χ1n) is 8.64. The summed E-state index contributed by atoms with van der Waals surface area (Å²) in [5.74, 6) is -3.39. The van der Waals surface area contributed by atoms with Crippen LogP contribution in [0.4, 0.5) is 8.78 Å². The third-order valence-electron chi connectivity index (χ3n) is 6.33. The molecular formula is C19H22F2N2O3.